The Kier molecular flexibility index (Phi) is 7.14. The van der Waals surface area contributed by atoms with Gasteiger partial charge in [-0.15, -0.1) is 0 Å². The highest BCUT2D eigenvalue weighted by Crippen LogP contribution is 2.27. The fourth-order valence-electron chi connectivity index (χ4n) is 4.01. The van der Waals surface area contributed by atoms with Crippen LogP contribution in [0.15, 0.2) is 47.4 Å². The van der Waals surface area contributed by atoms with Crippen molar-refractivity contribution in [3.63, 3.8) is 0 Å². The number of halogens is 2. The number of piperazine rings is 1. The topological polar surface area (TPSA) is 73.0 Å². The second-order valence-electron chi connectivity index (χ2n) is 7.99. The molecular formula is C22H26Cl2N4O3S. The summed E-state index contributed by atoms with van der Waals surface area (Å²) in [5.41, 5.74) is 2.25. The number of hydrogen-bond acceptors (Lipinski definition) is 4. The zero-order chi connectivity index (χ0) is 22.7. The van der Waals surface area contributed by atoms with Gasteiger partial charge in [-0.1, -0.05) is 35.3 Å². The Balaban J connectivity index is 1.28. The number of anilines is 1. The Bertz CT molecular complexity index is 1070. The number of nitrogens with one attached hydrogen (secondary N) is 1. The average molecular weight is 497 g/mol. The Hall–Kier alpha value is -2.00. The number of hydrogen-bond donors (Lipinski definition) is 1. The molecule has 7 nitrogen and oxygen atoms in total. The van der Waals surface area contributed by atoms with Crippen molar-refractivity contribution < 1.29 is 13.2 Å². The van der Waals surface area contributed by atoms with Gasteiger partial charge in [-0.25, -0.2) is 13.2 Å². The number of carbonyl (C=O) groups is 1. The lowest BCUT2D eigenvalue weighted by molar-refractivity contribution is 0.172. The molecule has 2 aromatic rings. The molecule has 0 spiro atoms. The number of benzene rings is 2. The van der Waals surface area contributed by atoms with E-state index < -0.39 is 10.0 Å². The molecule has 2 fully saturated rings. The molecule has 4 rings (SSSR count). The van der Waals surface area contributed by atoms with Crippen LogP contribution in [-0.2, 0) is 16.6 Å². The van der Waals surface area contributed by atoms with E-state index in [9.17, 15) is 13.2 Å². The molecule has 10 heteroatoms. The van der Waals surface area contributed by atoms with Crippen molar-refractivity contribution >= 4 is 44.9 Å². The number of nitrogens with zero attached hydrogens (tertiary/aromatic N) is 3. The number of amides is 2. The summed E-state index contributed by atoms with van der Waals surface area (Å²) in [5, 5.41) is 3.43. The van der Waals surface area contributed by atoms with Gasteiger partial charge in [0.2, 0.25) is 10.0 Å². The smallest absolute Gasteiger partial charge is 0.317 e. The van der Waals surface area contributed by atoms with E-state index in [4.69, 9.17) is 23.2 Å². The van der Waals surface area contributed by atoms with Crippen LogP contribution in [0.1, 0.15) is 18.4 Å². The van der Waals surface area contributed by atoms with Gasteiger partial charge in [-0.2, -0.15) is 4.31 Å². The first kappa shape index (κ1) is 23.2. The molecular weight excluding hydrogens is 471 g/mol. The van der Waals surface area contributed by atoms with E-state index in [0.717, 1.165) is 18.7 Å². The third-order valence-corrected chi connectivity index (χ3v) is 8.54. The lowest BCUT2D eigenvalue weighted by atomic mass is 10.2. The first-order chi connectivity index (χ1) is 15.3. The maximum absolute atomic E-state index is 12.9. The second kappa shape index (κ2) is 9.87. The number of rotatable bonds is 5. The first-order valence-corrected chi connectivity index (χ1v) is 12.9. The Morgan fingerprint density at radius 2 is 1.53 bits per heavy atom. The summed E-state index contributed by atoms with van der Waals surface area (Å²) in [7, 11) is -3.69. The van der Waals surface area contributed by atoms with Crippen LogP contribution in [0.4, 0.5) is 10.5 Å². The van der Waals surface area contributed by atoms with Gasteiger partial charge in [0, 0.05) is 51.5 Å². The molecule has 2 heterocycles. The van der Waals surface area contributed by atoms with E-state index in [1.165, 1.54) is 41.0 Å². The van der Waals surface area contributed by atoms with Crippen molar-refractivity contribution in [2.24, 2.45) is 0 Å². The van der Waals surface area contributed by atoms with Crippen molar-refractivity contribution in [3.05, 3.63) is 58.1 Å². The van der Waals surface area contributed by atoms with Crippen LogP contribution in [0.3, 0.4) is 0 Å². The van der Waals surface area contributed by atoms with Crippen molar-refractivity contribution in [2.75, 3.05) is 44.2 Å². The fraction of sp³-hybridized carbons (Fsp3) is 0.409. The Morgan fingerprint density at radius 3 is 2.16 bits per heavy atom. The molecule has 172 valence electrons. The van der Waals surface area contributed by atoms with Crippen molar-refractivity contribution in [1.82, 2.24) is 14.5 Å². The summed E-state index contributed by atoms with van der Waals surface area (Å²) < 4.78 is 27.1. The molecule has 0 aromatic heterocycles. The number of carbonyl (C=O) groups excluding carboxylic acids is 1. The van der Waals surface area contributed by atoms with Gasteiger partial charge in [0.25, 0.3) is 0 Å². The maximum atomic E-state index is 12.9. The molecule has 0 aliphatic carbocycles. The number of urea groups is 1. The summed E-state index contributed by atoms with van der Waals surface area (Å²) >= 11 is 11.9. The van der Waals surface area contributed by atoms with E-state index in [0.29, 0.717) is 24.7 Å². The van der Waals surface area contributed by atoms with Gasteiger partial charge >= 0.3 is 6.03 Å². The fourth-order valence-corrected chi connectivity index (χ4v) is 5.82. The van der Waals surface area contributed by atoms with Gasteiger partial charge in [0.15, 0.2) is 0 Å². The molecule has 2 aliphatic heterocycles. The van der Waals surface area contributed by atoms with Crippen LogP contribution in [0, 0.1) is 0 Å². The van der Waals surface area contributed by atoms with Gasteiger partial charge in [-0.3, -0.25) is 0 Å². The highest BCUT2D eigenvalue weighted by molar-refractivity contribution is 7.89. The lowest BCUT2D eigenvalue weighted by Crippen LogP contribution is -2.52. The maximum Gasteiger partial charge on any atom is 0.317 e. The molecule has 2 aliphatic rings. The van der Waals surface area contributed by atoms with E-state index >= 15 is 0 Å². The summed E-state index contributed by atoms with van der Waals surface area (Å²) in [6.07, 6.45) is 2.47. The summed E-state index contributed by atoms with van der Waals surface area (Å²) in [6, 6.07) is 12.3. The van der Waals surface area contributed by atoms with Crippen LogP contribution >= 0.6 is 23.2 Å². The highest BCUT2D eigenvalue weighted by atomic mass is 35.5. The molecule has 0 bridgehead atoms. The summed E-state index contributed by atoms with van der Waals surface area (Å²) in [5.74, 6) is 0. The predicted molar refractivity (Wildman–Crippen MR) is 127 cm³/mol. The lowest BCUT2D eigenvalue weighted by Gasteiger charge is -2.34. The first-order valence-electron chi connectivity index (χ1n) is 10.7. The molecule has 0 unspecified atom stereocenters. The van der Waals surface area contributed by atoms with Crippen LogP contribution in [0.5, 0.6) is 0 Å². The average Bonchev–Trinajstić information content (AvgIpc) is 3.34. The predicted octanol–water partition coefficient (Wildman–Crippen LogP) is 3.81. The molecule has 2 saturated heterocycles. The van der Waals surface area contributed by atoms with Gasteiger partial charge in [-0.05, 0) is 48.7 Å². The van der Waals surface area contributed by atoms with E-state index in [1.54, 1.807) is 4.90 Å². The van der Waals surface area contributed by atoms with Gasteiger partial charge in [0.1, 0.15) is 0 Å². The van der Waals surface area contributed by atoms with E-state index in [2.05, 4.69) is 22.3 Å². The second-order valence-corrected chi connectivity index (χ2v) is 10.7. The molecule has 2 amide bonds. The minimum absolute atomic E-state index is 0.0992. The third-order valence-electron chi connectivity index (χ3n) is 5.91. The standard InChI is InChI=1S/C22H26Cl2N4O3S/c23-20-8-7-19(15-21(20)24)32(30,31)28-13-11-27(12-14-28)22(29)25-16-17-3-5-18(6-4-17)26-9-1-2-10-26/h3-8,15H,1-2,9-14,16H2,(H,25,29). The molecule has 2 aromatic carbocycles. The van der Waals surface area contributed by atoms with Crippen LogP contribution in [0.25, 0.3) is 0 Å². The normalized spacial score (nSPS) is 17.6. The van der Waals surface area contributed by atoms with Crippen LogP contribution in [-0.4, -0.2) is 62.9 Å². The van der Waals surface area contributed by atoms with Crippen molar-refractivity contribution in [1.29, 1.82) is 0 Å². The van der Waals surface area contributed by atoms with Crippen LogP contribution < -0.4 is 10.2 Å². The summed E-state index contributed by atoms with van der Waals surface area (Å²) in [4.78, 5) is 16.7. The quantitative estimate of drug-likeness (QED) is 0.682. The van der Waals surface area contributed by atoms with E-state index in [1.807, 2.05) is 12.1 Å². The number of sulfonamides is 1. The largest absolute Gasteiger partial charge is 0.372 e. The van der Waals surface area contributed by atoms with Gasteiger partial charge in [0.05, 0.1) is 14.9 Å². The Labute approximate surface area is 198 Å². The minimum Gasteiger partial charge on any atom is -0.372 e. The molecule has 0 atom stereocenters. The van der Waals surface area contributed by atoms with Crippen LogP contribution in [0.2, 0.25) is 10.0 Å². The van der Waals surface area contributed by atoms with E-state index in [-0.39, 0.29) is 29.0 Å². The summed E-state index contributed by atoms with van der Waals surface area (Å²) in [6.45, 7) is 3.72. The zero-order valence-corrected chi connectivity index (χ0v) is 20.0. The molecule has 0 radical (unpaired) electrons. The monoisotopic (exact) mass is 496 g/mol. The Morgan fingerprint density at radius 1 is 0.875 bits per heavy atom. The van der Waals surface area contributed by atoms with Crippen molar-refractivity contribution in [3.8, 4) is 0 Å². The molecule has 32 heavy (non-hydrogen) atoms. The molecule has 1 N–H and O–H groups in total. The SMILES string of the molecule is O=C(NCc1ccc(N2CCCC2)cc1)N1CCN(S(=O)(=O)c2ccc(Cl)c(Cl)c2)CC1. The zero-order valence-electron chi connectivity index (χ0n) is 17.6. The third kappa shape index (κ3) is 5.14. The minimum atomic E-state index is -3.69. The highest BCUT2D eigenvalue weighted by Gasteiger charge is 2.30. The van der Waals surface area contributed by atoms with Gasteiger partial charge < -0.3 is 15.1 Å². The molecule has 0 saturated carbocycles. The van der Waals surface area contributed by atoms with Crippen molar-refractivity contribution in [2.45, 2.75) is 24.3 Å².